The maximum atomic E-state index is 5.31. The Labute approximate surface area is 90.6 Å². The van der Waals surface area contributed by atoms with Gasteiger partial charge in [0.05, 0.1) is 6.61 Å². The highest BCUT2D eigenvalue weighted by Gasteiger charge is 1.94. The first-order valence-corrected chi connectivity index (χ1v) is 4.42. The topological polar surface area (TPSA) is 44.5 Å². The van der Waals surface area contributed by atoms with Gasteiger partial charge in [-0.15, -0.1) is 12.4 Å². The molecule has 3 nitrogen and oxygen atoms in total. The first kappa shape index (κ1) is 13.1. The minimum absolute atomic E-state index is 0. The van der Waals surface area contributed by atoms with Gasteiger partial charge in [0, 0.05) is 6.54 Å². The molecular weight excluding hydrogens is 202 g/mol. The third kappa shape index (κ3) is 4.35. The fourth-order valence-electron chi connectivity index (χ4n) is 0.976. The monoisotopic (exact) mass is 217 g/mol. The molecule has 0 aliphatic heterocycles. The zero-order chi connectivity index (χ0) is 9.52. The summed E-state index contributed by atoms with van der Waals surface area (Å²) >= 11 is 0. The highest BCUT2D eigenvalue weighted by Crippen LogP contribution is 2.17. The van der Waals surface area contributed by atoms with Gasteiger partial charge in [0.15, 0.2) is 0 Å². The van der Waals surface area contributed by atoms with Crippen molar-refractivity contribution in [2.45, 2.75) is 6.92 Å². The second kappa shape index (κ2) is 7.47. The van der Waals surface area contributed by atoms with Crippen LogP contribution in [0, 0.1) is 0 Å². The van der Waals surface area contributed by atoms with Crippen molar-refractivity contribution in [1.82, 2.24) is 0 Å². The van der Waals surface area contributed by atoms with Gasteiger partial charge in [-0.25, -0.2) is 0 Å². The van der Waals surface area contributed by atoms with E-state index in [1.54, 1.807) is 0 Å². The SMILES string of the molecule is CCOc1ccc(OCCN)cc1.Cl. The largest absolute Gasteiger partial charge is 0.494 e. The Kier molecular flexibility index (Phi) is 6.98. The Hall–Kier alpha value is -0.930. The Morgan fingerprint density at radius 3 is 2.00 bits per heavy atom. The number of nitrogens with two attached hydrogens (primary N) is 1. The van der Waals surface area contributed by atoms with Crippen LogP contribution in [0.3, 0.4) is 0 Å². The van der Waals surface area contributed by atoms with Crippen LogP contribution in [0.1, 0.15) is 6.92 Å². The molecule has 0 radical (unpaired) electrons. The standard InChI is InChI=1S/C10H15NO2.ClH/c1-2-12-9-3-5-10(6-4-9)13-8-7-11;/h3-6H,2,7-8,11H2,1H3;1H. The van der Waals surface area contributed by atoms with E-state index in [1.807, 2.05) is 31.2 Å². The maximum absolute atomic E-state index is 5.31. The van der Waals surface area contributed by atoms with Gasteiger partial charge in [-0.05, 0) is 31.2 Å². The van der Waals surface area contributed by atoms with Gasteiger partial charge in [-0.1, -0.05) is 0 Å². The lowest BCUT2D eigenvalue weighted by Gasteiger charge is -2.05. The Balaban J connectivity index is 0.00000169. The van der Waals surface area contributed by atoms with E-state index >= 15 is 0 Å². The van der Waals surface area contributed by atoms with Crippen LogP contribution in [0.25, 0.3) is 0 Å². The maximum Gasteiger partial charge on any atom is 0.119 e. The molecule has 0 amide bonds. The van der Waals surface area contributed by atoms with E-state index in [1.165, 1.54) is 0 Å². The van der Waals surface area contributed by atoms with Crippen molar-refractivity contribution in [1.29, 1.82) is 0 Å². The lowest BCUT2D eigenvalue weighted by atomic mass is 10.3. The van der Waals surface area contributed by atoms with Crippen LogP contribution < -0.4 is 15.2 Å². The summed E-state index contributed by atoms with van der Waals surface area (Å²) in [6.07, 6.45) is 0. The first-order chi connectivity index (χ1) is 6.36. The van der Waals surface area contributed by atoms with E-state index < -0.39 is 0 Å². The van der Waals surface area contributed by atoms with E-state index in [0.717, 1.165) is 11.5 Å². The summed E-state index contributed by atoms with van der Waals surface area (Å²) in [6.45, 7) is 3.73. The third-order valence-corrected chi connectivity index (χ3v) is 1.52. The van der Waals surface area contributed by atoms with Crippen LogP contribution in [0.5, 0.6) is 11.5 Å². The molecule has 0 bridgehead atoms. The van der Waals surface area contributed by atoms with E-state index in [0.29, 0.717) is 19.8 Å². The number of halogens is 1. The van der Waals surface area contributed by atoms with Gasteiger partial charge in [-0.3, -0.25) is 0 Å². The van der Waals surface area contributed by atoms with Gasteiger partial charge < -0.3 is 15.2 Å². The Bertz CT molecular complexity index is 238. The molecule has 0 unspecified atom stereocenters. The second-order valence-corrected chi connectivity index (χ2v) is 2.54. The molecule has 0 heterocycles. The molecule has 1 aromatic rings. The molecule has 0 spiro atoms. The second-order valence-electron chi connectivity index (χ2n) is 2.54. The minimum atomic E-state index is 0. The quantitative estimate of drug-likeness (QED) is 0.819. The van der Waals surface area contributed by atoms with E-state index in [4.69, 9.17) is 15.2 Å². The van der Waals surface area contributed by atoms with E-state index in [9.17, 15) is 0 Å². The van der Waals surface area contributed by atoms with Crippen molar-refractivity contribution < 1.29 is 9.47 Å². The van der Waals surface area contributed by atoms with Gasteiger partial charge in [0.2, 0.25) is 0 Å². The zero-order valence-electron chi connectivity index (χ0n) is 8.23. The van der Waals surface area contributed by atoms with Crippen LogP contribution in [0.2, 0.25) is 0 Å². The van der Waals surface area contributed by atoms with Crippen molar-refractivity contribution in [2.75, 3.05) is 19.8 Å². The summed E-state index contributed by atoms with van der Waals surface area (Å²) in [6, 6.07) is 7.52. The molecule has 0 saturated carbocycles. The number of hydrogen-bond acceptors (Lipinski definition) is 3. The highest BCUT2D eigenvalue weighted by molar-refractivity contribution is 5.85. The molecule has 0 aliphatic carbocycles. The summed E-state index contributed by atoms with van der Waals surface area (Å²) in [7, 11) is 0. The lowest BCUT2D eigenvalue weighted by Crippen LogP contribution is -2.10. The smallest absolute Gasteiger partial charge is 0.119 e. The molecule has 1 rings (SSSR count). The third-order valence-electron chi connectivity index (χ3n) is 1.52. The first-order valence-electron chi connectivity index (χ1n) is 4.42. The fourth-order valence-corrected chi connectivity index (χ4v) is 0.976. The number of benzene rings is 1. The molecule has 14 heavy (non-hydrogen) atoms. The average molecular weight is 218 g/mol. The fraction of sp³-hybridized carbons (Fsp3) is 0.400. The van der Waals surface area contributed by atoms with Crippen molar-refractivity contribution in [2.24, 2.45) is 5.73 Å². The number of rotatable bonds is 5. The van der Waals surface area contributed by atoms with Crippen LogP contribution in [0.4, 0.5) is 0 Å². The van der Waals surface area contributed by atoms with Gasteiger partial charge in [0.25, 0.3) is 0 Å². The van der Waals surface area contributed by atoms with Gasteiger partial charge in [-0.2, -0.15) is 0 Å². The summed E-state index contributed by atoms with van der Waals surface area (Å²) in [5, 5.41) is 0. The van der Waals surface area contributed by atoms with Crippen molar-refractivity contribution in [3.63, 3.8) is 0 Å². The van der Waals surface area contributed by atoms with E-state index in [-0.39, 0.29) is 12.4 Å². The van der Waals surface area contributed by atoms with Gasteiger partial charge >= 0.3 is 0 Å². The highest BCUT2D eigenvalue weighted by atomic mass is 35.5. The molecule has 4 heteroatoms. The Morgan fingerprint density at radius 1 is 1.07 bits per heavy atom. The molecular formula is C10H16ClNO2. The van der Waals surface area contributed by atoms with Crippen molar-refractivity contribution in [3.8, 4) is 11.5 Å². The van der Waals surface area contributed by atoms with Crippen LogP contribution in [0.15, 0.2) is 24.3 Å². The Morgan fingerprint density at radius 2 is 1.57 bits per heavy atom. The zero-order valence-corrected chi connectivity index (χ0v) is 9.05. The lowest BCUT2D eigenvalue weighted by molar-refractivity contribution is 0.323. The summed E-state index contributed by atoms with van der Waals surface area (Å²) in [5.41, 5.74) is 5.30. The number of hydrogen-bond donors (Lipinski definition) is 1. The molecule has 0 aliphatic rings. The summed E-state index contributed by atoms with van der Waals surface area (Å²) in [4.78, 5) is 0. The van der Waals surface area contributed by atoms with Crippen LogP contribution in [-0.4, -0.2) is 19.8 Å². The summed E-state index contributed by atoms with van der Waals surface area (Å²) in [5.74, 6) is 1.69. The normalized spacial score (nSPS) is 9.00. The average Bonchev–Trinajstić information content (AvgIpc) is 2.17. The predicted octanol–water partition coefficient (Wildman–Crippen LogP) is 1.84. The molecule has 0 aromatic heterocycles. The molecule has 0 fully saturated rings. The molecule has 0 atom stereocenters. The molecule has 2 N–H and O–H groups in total. The minimum Gasteiger partial charge on any atom is -0.494 e. The van der Waals surface area contributed by atoms with E-state index in [2.05, 4.69) is 0 Å². The van der Waals surface area contributed by atoms with Crippen LogP contribution >= 0.6 is 12.4 Å². The predicted molar refractivity (Wildman–Crippen MR) is 59.4 cm³/mol. The molecule has 0 saturated heterocycles. The molecule has 80 valence electrons. The van der Waals surface area contributed by atoms with Crippen molar-refractivity contribution >= 4 is 12.4 Å². The van der Waals surface area contributed by atoms with Crippen molar-refractivity contribution in [3.05, 3.63) is 24.3 Å². The molecule has 1 aromatic carbocycles. The van der Waals surface area contributed by atoms with Crippen LogP contribution in [-0.2, 0) is 0 Å². The number of ether oxygens (including phenoxy) is 2. The van der Waals surface area contributed by atoms with Gasteiger partial charge in [0.1, 0.15) is 18.1 Å². The summed E-state index contributed by atoms with van der Waals surface area (Å²) < 4.78 is 10.6.